The maximum absolute atomic E-state index is 12.4. The number of aromatic amines is 1. The number of nitrogens with one attached hydrogen (secondary N) is 1. The highest BCUT2D eigenvalue weighted by molar-refractivity contribution is 6.00. The number of methoxy groups -OCH3 is 1. The number of H-pyrrole nitrogens is 1. The van der Waals surface area contributed by atoms with Gasteiger partial charge < -0.3 is 19.0 Å². The lowest BCUT2D eigenvalue weighted by atomic mass is 10.1. The fourth-order valence-corrected chi connectivity index (χ4v) is 2.65. The molecule has 0 aliphatic heterocycles. The summed E-state index contributed by atoms with van der Waals surface area (Å²) in [7, 11) is 1.36. The lowest BCUT2D eigenvalue weighted by Crippen LogP contribution is -2.15. The van der Waals surface area contributed by atoms with E-state index < -0.39 is 5.97 Å². The van der Waals surface area contributed by atoms with Gasteiger partial charge in [0.1, 0.15) is 5.69 Å². The summed E-state index contributed by atoms with van der Waals surface area (Å²) in [6, 6.07) is 5.04. The Morgan fingerprint density at radius 1 is 1.24 bits per heavy atom. The molecule has 7 heteroatoms. The van der Waals surface area contributed by atoms with Crippen LogP contribution in [0, 0.1) is 13.8 Å². The van der Waals surface area contributed by atoms with E-state index in [4.69, 9.17) is 4.74 Å². The number of ketones is 1. The van der Waals surface area contributed by atoms with Crippen LogP contribution < -0.4 is 0 Å². The van der Waals surface area contributed by atoms with Gasteiger partial charge in [-0.1, -0.05) is 0 Å². The van der Waals surface area contributed by atoms with Gasteiger partial charge in [-0.25, -0.2) is 4.79 Å². The van der Waals surface area contributed by atoms with Crippen LogP contribution in [0.5, 0.6) is 0 Å². The molecule has 0 spiro atoms. The molecule has 7 nitrogen and oxygen atoms in total. The number of rotatable bonds is 8. The molecule has 2 rings (SSSR count). The highest BCUT2D eigenvalue weighted by Gasteiger charge is 2.18. The van der Waals surface area contributed by atoms with Crippen molar-refractivity contribution in [2.24, 2.45) is 0 Å². The molecule has 0 aliphatic carbocycles. The zero-order valence-electron chi connectivity index (χ0n) is 14.6. The number of aromatic nitrogens is 2. The van der Waals surface area contributed by atoms with E-state index in [0.29, 0.717) is 30.6 Å². The molecule has 0 aliphatic rings. The molecule has 0 aromatic carbocycles. The Kier molecular flexibility index (Phi) is 6.16. The molecule has 0 unspecified atom stereocenters. The lowest BCUT2D eigenvalue weighted by Gasteiger charge is -2.09. The van der Waals surface area contributed by atoms with Gasteiger partial charge in [-0.2, -0.15) is 0 Å². The van der Waals surface area contributed by atoms with E-state index >= 15 is 0 Å². The van der Waals surface area contributed by atoms with Gasteiger partial charge in [-0.3, -0.25) is 9.59 Å². The molecule has 1 N–H and O–H groups in total. The van der Waals surface area contributed by atoms with Crippen molar-refractivity contribution in [2.45, 2.75) is 33.2 Å². The van der Waals surface area contributed by atoms with Crippen LogP contribution in [0.15, 0.2) is 24.4 Å². The van der Waals surface area contributed by atoms with Crippen LogP contribution in [0.2, 0.25) is 0 Å². The van der Waals surface area contributed by atoms with E-state index in [0.717, 1.165) is 11.4 Å². The van der Waals surface area contributed by atoms with Gasteiger partial charge in [0.15, 0.2) is 6.61 Å². The third-order valence-electron chi connectivity index (χ3n) is 4.02. The molecule has 0 fully saturated rings. The van der Waals surface area contributed by atoms with E-state index in [1.807, 2.05) is 18.4 Å². The number of hydrogen-bond acceptors (Lipinski definition) is 5. The number of esters is 2. The third kappa shape index (κ3) is 4.59. The maximum atomic E-state index is 12.4. The fraction of sp³-hybridized carbons (Fsp3) is 0.389. The van der Waals surface area contributed by atoms with Crippen LogP contribution in [0.1, 0.15) is 45.1 Å². The standard InChI is InChI=1S/C18H22N2O5/c1-12-10-14(13(2)20(12)9-5-7-17(22)24-3)16(21)11-25-18(23)15-6-4-8-19-15/h4,6,8,10,19H,5,7,9,11H2,1-3H3. The molecule has 25 heavy (non-hydrogen) atoms. The average Bonchev–Trinajstić information content (AvgIpc) is 3.22. The Morgan fingerprint density at radius 3 is 2.64 bits per heavy atom. The molecule has 2 aromatic rings. The molecule has 2 aromatic heterocycles. The van der Waals surface area contributed by atoms with Gasteiger partial charge in [-0.05, 0) is 38.5 Å². The van der Waals surface area contributed by atoms with Gasteiger partial charge >= 0.3 is 11.9 Å². The molecular weight excluding hydrogens is 324 g/mol. The van der Waals surface area contributed by atoms with Gasteiger partial charge in [0.2, 0.25) is 5.78 Å². The largest absolute Gasteiger partial charge is 0.469 e. The molecular formula is C18H22N2O5. The summed E-state index contributed by atoms with van der Waals surface area (Å²) in [5.41, 5.74) is 2.54. The maximum Gasteiger partial charge on any atom is 0.355 e. The van der Waals surface area contributed by atoms with E-state index in [9.17, 15) is 14.4 Å². The van der Waals surface area contributed by atoms with Crippen molar-refractivity contribution in [1.29, 1.82) is 0 Å². The zero-order chi connectivity index (χ0) is 18.4. The monoisotopic (exact) mass is 346 g/mol. The molecule has 0 radical (unpaired) electrons. The number of carbonyl (C=O) groups is 3. The number of hydrogen-bond donors (Lipinski definition) is 1. The molecule has 0 saturated carbocycles. The second-order valence-electron chi connectivity index (χ2n) is 5.70. The Balaban J connectivity index is 1.97. The minimum atomic E-state index is -0.565. The van der Waals surface area contributed by atoms with E-state index in [2.05, 4.69) is 9.72 Å². The average molecular weight is 346 g/mol. The molecule has 0 saturated heterocycles. The van der Waals surface area contributed by atoms with Crippen molar-refractivity contribution in [3.8, 4) is 0 Å². The summed E-state index contributed by atoms with van der Waals surface area (Å²) in [4.78, 5) is 38.1. The second kappa shape index (κ2) is 8.32. The number of nitrogens with zero attached hydrogens (tertiary/aromatic N) is 1. The van der Waals surface area contributed by atoms with Crippen molar-refractivity contribution in [3.05, 3.63) is 47.0 Å². The van der Waals surface area contributed by atoms with Crippen molar-refractivity contribution in [2.75, 3.05) is 13.7 Å². The van der Waals surface area contributed by atoms with Crippen molar-refractivity contribution in [3.63, 3.8) is 0 Å². The van der Waals surface area contributed by atoms with Crippen LogP contribution in [0.25, 0.3) is 0 Å². The summed E-state index contributed by atoms with van der Waals surface area (Å²) in [5, 5.41) is 0. The van der Waals surface area contributed by atoms with Crippen molar-refractivity contribution >= 4 is 17.7 Å². The highest BCUT2D eigenvalue weighted by atomic mass is 16.5. The minimum absolute atomic E-state index is 0.255. The first kappa shape index (κ1) is 18.5. The predicted octanol–water partition coefficient (Wildman–Crippen LogP) is 2.43. The summed E-state index contributed by atoms with van der Waals surface area (Å²) in [6.45, 7) is 4.03. The predicted molar refractivity (Wildman–Crippen MR) is 90.6 cm³/mol. The molecule has 0 bridgehead atoms. The first-order valence-corrected chi connectivity index (χ1v) is 8.01. The topological polar surface area (TPSA) is 90.4 Å². The third-order valence-corrected chi connectivity index (χ3v) is 4.02. The fourth-order valence-electron chi connectivity index (χ4n) is 2.65. The number of ether oxygens (including phenoxy) is 2. The van der Waals surface area contributed by atoms with Crippen LogP contribution in [0.3, 0.4) is 0 Å². The number of Topliss-reactive ketones (excluding diaryl/α,β-unsaturated/α-hetero) is 1. The number of aryl methyl sites for hydroxylation is 1. The van der Waals surface area contributed by atoms with Crippen LogP contribution in [-0.4, -0.2) is 41.0 Å². The quantitative estimate of drug-likeness (QED) is 0.585. The van der Waals surface area contributed by atoms with Crippen LogP contribution in [-0.2, 0) is 20.8 Å². The van der Waals surface area contributed by atoms with Crippen LogP contribution in [0.4, 0.5) is 0 Å². The molecule has 2 heterocycles. The van der Waals surface area contributed by atoms with Crippen molar-refractivity contribution in [1.82, 2.24) is 9.55 Å². The normalized spacial score (nSPS) is 10.5. The summed E-state index contributed by atoms with van der Waals surface area (Å²) in [6.07, 6.45) is 2.56. The first-order valence-electron chi connectivity index (χ1n) is 8.01. The SMILES string of the molecule is COC(=O)CCCn1c(C)cc(C(=O)COC(=O)c2ccc[nH]2)c1C. The Hall–Kier alpha value is -2.83. The Labute approximate surface area is 145 Å². The first-order chi connectivity index (χ1) is 11.9. The van der Waals surface area contributed by atoms with Gasteiger partial charge in [0.25, 0.3) is 0 Å². The van der Waals surface area contributed by atoms with E-state index in [1.54, 1.807) is 24.4 Å². The summed E-state index contributed by atoms with van der Waals surface area (Å²) < 4.78 is 11.6. The van der Waals surface area contributed by atoms with Gasteiger partial charge in [0, 0.05) is 36.1 Å². The minimum Gasteiger partial charge on any atom is -0.469 e. The van der Waals surface area contributed by atoms with E-state index in [1.165, 1.54) is 7.11 Å². The van der Waals surface area contributed by atoms with E-state index in [-0.39, 0.29) is 18.4 Å². The zero-order valence-corrected chi connectivity index (χ0v) is 14.6. The number of carbonyl (C=O) groups excluding carboxylic acids is 3. The van der Waals surface area contributed by atoms with Crippen molar-refractivity contribution < 1.29 is 23.9 Å². The molecule has 0 atom stereocenters. The Bertz CT molecular complexity index is 759. The smallest absolute Gasteiger partial charge is 0.355 e. The lowest BCUT2D eigenvalue weighted by molar-refractivity contribution is -0.140. The molecule has 134 valence electrons. The highest BCUT2D eigenvalue weighted by Crippen LogP contribution is 2.17. The molecule has 0 amide bonds. The summed E-state index contributed by atoms with van der Waals surface area (Å²) in [5.74, 6) is -1.08. The van der Waals surface area contributed by atoms with Crippen LogP contribution >= 0.6 is 0 Å². The second-order valence-corrected chi connectivity index (χ2v) is 5.70. The van der Waals surface area contributed by atoms with Gasteiger partial charge in [-0.15, -0.1) is 0 Å². The Morgan fingerprint density at radius 2 is 2.00 bits per heavy atom. The van der Waals surface area contributed by atoms with Gasteiger partial charge in [0.05, 0.1) is 7.11 Å². The summed E-state index contributed by atoms with van der Waals surface area (Å²) >= 11 is 0.